The molecule has 2 nitrogen and oxygen atoms in total. The molecule has 0 aliphatic rings. The standard InChI is InChI=1S/C8H5ClF3NO/c1-3-2-4(10)6(8(11)12)13-5(3)7(9)14/h2,8H,1H3. The van der Waals surface area contributed by atoms with Gasteiger partial charge in [-0.3, -0.25) is 4.79 Å². The molecule has 0 saturated carbocycles. The van der Waals surface area contributed by atoms with Crippen LogP contribution in [0.2, 0.25) is 0 Å². The summed E-state index contributed by atoms with van der Waals surface area (Å²) in [6, 6.07) is 0.810. The van der Waals surface area contributed by atoms with Crippen LogP contribution in [0.4, 0.5) is 13.2 Å². The van der Waals surface area contributed by atoms with Crippen LogP contribution in [-0.4, -0.2) is 10.2 Å². The van der Waals surface area contributed by atoms with Crippen LogP contribution < -0.4 is 0 Å². The molecule has 0 bridgehead atoms. The molecule has 1 rings (SSSR count). The molecule has 0 aromatic carbocycles. The van der Waals surface area contributed by atoms with Gasteiger partial charge in [0.1, 0.15) is 11.4 Å². The SMILES string of the molecule is Cc1cc(F)c(C(F)F)nc1C(=O)Cl. The highest BCUT2D eigenvalue weighted by Gasteiger charge is 2.19. The predicted octanol–water partition coefficient (Wildman–Crippen LogP) is 2.85. The summed E-state index contributed by atoms with van der Waals surface area (Å²) >= 11 is 5.07. The van der Waals surface area contributed by atoms with Gasteiger partial charge in [0.2, 0.25) is 0 Å². The van der Waals surface area contributed by atoms with Gasteiger partial charge >= 0.3 is 0 Å². The lowest BCUT2D eigenvalue weighted by atomic mass is 10.2. The Labute approximate surface area is 82.7 Å². The van der Waals surface area contributed by atoms with E-state index in [2.05, 4.69) is 4.98 Å². The van der Waals surface area contributed by atoms with Crippen molar-refractivity contribution in [2.75, 3.05) is 0 Å². The summed E-state index contributed by atoms with van der Waals surface area (Å²) in [6.45, 7) is 1.36. The molecule has 0 N–H and O–H groups in total. The molecular formula is C8H5ClF3NO. The lowest BCUT2D eigenvalue weighted by molar-refractivity contribution is 0.107. The predicted molar refractivity (Wildman–Crippen MR) is 44.1 cm³/mol. The fourth-order valence-electron chi connectivity index (χ4n) is 0.946. The van der Waals surface area contributed by atoms with Crippen LogP contribution >= 0.6 is 11.6 Å². The fraction of sp³-hybridized carbons (Fsp3) is 0.250. The molecule has 0 radical (unpaired) electrons. The second kappa shape index (κ2) is 3.96. The summed E-state index contributed by atoms with van der Waals surface area (Å²) in [5.74, 6) is -1.14. The van der Waals surface area contributed by atoms with Crippen molar-refractivity contribution in [2.24, 2.45) is 0 Å². The summed E-state index contributed by atoms with van der Waals surface area (Å²) < 4.78 is 37.1. The first kappa shape index (κ1) is 11.0. The van der Waals surface area contributed by atoms with Crippen LogP contribution in [0.1, 0.15) is 28.2 Å². The van der Waals surface area contributed by atoms with Gasteiger partial charge in [-0.25, -0.2) is 18.2 Å². The highest BCUT2D eigenvalue weighted by molar-refractivity contribution is 6.67. The molecule has 0 atom stereocenters. The minimum Gasteiger partial charge on any atom is -0.274 e. The number of alkyl halides is 2. The third-order valence-electron chi connectivity index (χ3n) is 1.59. The average Bonchev–Trinajstić information content (AvgIpc) is 2.02. The maximum absolute atomic E-state index is 12.8. The molecule has 0 unspecified atom stereocenters. The molecule has 76 valence electrons. The van der Waals surface area contributed by atoms with Gasteiger partial charge in [-0.2, -0.15) is 0 Å². The number of halogens is 4. The molecular weight excluding hydrogens is 219 g/mol. The van der Waals surface area contributed by atoms with E-state index < -0.39 is 23.2 Å². The van der Waals surface area contributed by atoms with E-state index in [-0.39, 0.29) is 11.3 Å². The van der Waals surface area contributed by atoms with Gasteiger partial charge in [0, 0.05) is 0 Å². The molecule has 1 aromatic rings. The summed E-state index contributed by atoms with van der Waals surface area (Å²) in [5, 5.41) is -0.982. The summed E-state index contributed by atoms with van der Waals surface area (Å²) in [7, 11) is 0. The van der Waals surface area contributed by atoms with Crippen LogP contribution in [0.15, 0.2) is 6.07 Å². The lowest BCUT2D eigenvalue weighted by Gasteiger charge is -2.05. The van der Waals surface area contributed by atoms with Crippen molar-refractivity contribution in [3.63, 3.8) is 0 Å². The molecule has 14 heavy (non-hydrogen) atoms. The number of hydrogen-bond donors (Lipinski definition) is 0. The lowest BCUT2D eigenvalue weighted by Crippen LogP contribution is -2.05. The molecule has 6 heteroatoms. The van der Waals surface area contributed by atoms with Crippen molar-refractivity contribution in [2.45, 2.75) is 13.3 Å². The van der Waals surface area contributed by atoms with E-state index in [0.29, 0.717) is 0 Å². The topological polar surface area (TPSA) is 30.0 Å². The average molecular weight is 224 g/mol. The Hall–Kier alpha value is -1.10. The Balaban J connectivity index is 3.34. The maximum Gasteiger partial charge on any atom is 0.283 e. The molecule has 0 aliphatic heterocycles. The summed E-state index contributed by atoms with van der Waals surface area (Å²) in [5.41, 5.74) is -1.27. The Kier molecular flexibility index (Phi) is 3.10. The first-order chi connectivity index (χ1) is 6.43. The van der Waals surface area contributed by atoms with Crippen LogP contribution in [0.25, 0.3) is 0 Å². The number of aromatic nitrogens is 1. The second-order valence-corrected chi connectivity index (χ2v) is 2.94. The maximum atomic E-state index is 12.8. The van der Waals surface area contributed by atoms with E-state index >= 15 is 0 Å². The minimum absolute atomic E-state index is 0.131. The molecule has 0 saturated heterocycles. The van der Waals surface area contributed by atoms with Crippen molar-refractivity contribution in [3.05, 3.63) is 28.8 Å². The summed E-state index contributed by atoms with van der Waals surface area (Å²) in [4.78, 5) is 13.9. The fourth-order valence-corrected chi connectivity index (χ4v) is 1.14. The van der Waals surface area contributed by atoms with Gasteiger partial charge in [-0.05, 0) is 30.2 Å². The van der Waals surface area contributed by atoms with E-state index in [1.54, 1.807) is 0 Å². The Morgan fingerprint density at radius 3 is 2.57 bits per heavy atom. The monoisotopic (exact) mass is 223 g/mol. The third-order valence-corrected chi connectivity index (χ3v) is 1.77. The third kappa shape index (κ3) is 2.04. The van der Waals surface area contributed by atoms with Gasteiger partial charge in [0.25, 0.3) is 11.7 Å². The summed E-state index contributed by atoms with van der Waals surface area (Å²) in [6.07, 6.45) is -3.06. The van der Waals surface area contributed by atoms with Crippen molar-refractivity contribution < 1.29 is 18.0 Å². The van der Waals surface area contributed by atoms with E-state index in [4.69, 9.17) is 11.6 Å². The zero-order valence-electron chi connectivity index (χ0n) is 7.02. The van der Waals surface area contributed by atoms with E-state index in [9.17, 15) is 18.0 Å². The second-order valence-electron chi connectivity index (χ2n) is 2.60. The number of carbonyl (C=O) groups is 1. The molecule has 0 fully saturated rings. The van der Waals surface area contributed by atoms with Crippen molar-refractivity contribution in [1.29, 1.82) is 0 Å². The van der Waals surface area contributed by atoms with Gasteiger partial charge in [-0.1, -0.05) is 0 Å². The Morgan fingerprint density at radius 2 is 2.14 bits per heavy atom. The van der Waals surface area contributed by atoms with E-state index in [0.717, 1.165) is 6.07 Å². The quantitative estimate of drug-likeness (QED) is 0.722. The van der Waals surface area contributed by atoms with Crippen molar-refractivity contribution in [1.82, 2.24) is 4.98 Å². The minimum atomic E-state index is -3.06. The Morgan fingerprint density at radius 1 is 1.57 bits per heavy atom. The van der Waals surface area contributed by atoms with Crippen molar-refractivity contribution in [3.8, 4) is 0 Å². The molecule has 0 aliphatic carbocycles. The zero-order valence-corrected chi connectivity index (χ0v) is 7.78. The largest absolute Gasteiger partial charge is 0.283 e. The first-order valence-electron chi connectivity index (χ1n) is 3.58. The highest BCUT2D eigenvalue weighted by Crippen LogP contribution is 2.22. The number of aryl methyl sites for hydroxylation is 1. The van der Waals surface area contributed by atoms with Crippen LogP contribution in [0.5, 0.6) is 0 Å². The van der Waals surface area contributed by atoms with Crippen LogP contribution in [-0.2, 0) is 0 Å². The molecule has 0 amide bonds. The zero-order chi connectivity index (χ0) is 10.9. The van der Waals surface area contributed by atoms with Gasteiger partial charge in [0.15, 0.2) is 5.82 Å². The molecule has 1 heterocycles. The Bertz CT molecular complexity index is 381. The van der Waals surface area contributed by atoms with Gasteiger partial charge in [-0.15, -0.1) is 0 Å². The smallest absolute Gasteiger partial charge is 0.274 e. The van der Waals surface area contributed by atoms with Crippen LogP contribution in [0, 0.1) is 12.7 Å². The number of carbonyl (C=O) groups excluding carboxylic acids is 1. The number of nitrogens with zero attached hydrogens (tertiary/aromatic N) is 1. The van der Waals surface area contributed by atoms with Gasteiger partial charge in [0.05, 0.1) is 0 Å². The number of pyridine rings is 1. The molecule has 0 spiro atoms. The van der Waals surface area contributed by atoms with Gasteiger partial charge < -0.3 is 0 Å². The van der Waals surface area contributed by atoms with Crippen molar-refractivity contribution >= 4 is 16.8 Å². The highest BCUT2D eigenvalue weighted by atomic mass is 35.5. The number of rotatable bonds is 2. The van der Waals surface area contributed by atoms with E-state index in [1.165, 1.54) is 6.92 Å². The van der Waals surface area contributed by atoms with Crippen LogP contribution in [0.3, 0.4) is 0 Å². The normalized spacial score (nSPS) is 10.7. The van der Waals surface area contributed by atoms with E-state index in [1.807, 2.05) is 0 Å². The first-order valence-corrected chi connectivity index (χ1v) is 3.96. The molecule has 1 aromatic heterocycles. The number of hydrogen-bond acceptors (Lipinski definition) is 2.